The molecule has 2 fully saturated rings. The van der Waals surface area contributed by atoms with Crippen molar-refractivity contribution in [1.29, 1.82) is 0 Å². The molecule has 7 nitrogen and oxygen atoms in total. The number of Topliss-reactive ketones (excluding diaryl/α,β-unsaturated/α-hetero) is 1. The first-order chi connectivity index (χ1) is 16.4. The third-order valence-corrected chi connectivity index (χ3v) is 6.89. The second-order valence-electron chi connectivity index (χ2n) is 9.16. The van der Waals surface area contributed by atoms with Crippen molar-refractivity contribution in [3.8, 4) is 5.75 Å². The molecule has 3 N–H and O–H groups in total. The Labute approximate surface area is 198 Å². The van der Waals surface area contributed by atoms with Gasteiger partial charge in [0.05, 0.1) is 11.5 Å². The van der Waals surface area contributed by atoms with Crippen LogP contribution >= 0.6 is 0 Å². The van der Waals surface area contributed by atoms with Crippen molar-refractivity contribution in [2.45, 2.75) is 56.3 Å². The number of ketones is 1. The molecule has 0 spiro atoms. The predicted octanol–water partition coefficient (Wildman–Crippen LogP) is 3.70. The summed E-state index contributed by atoms with van der Waals surface area (Å²) in [6.45, 7) is 0.994. The summed E-state index contributed by atoms with van der Waals surface area (Å²) in [4.78, 5) is 26.7. The zero-order valence-electron chi connectivity index (χ0n) is 19.1. The molecule has 1 amide bonds. The van der Waals surface area contributed by atoms with Crippen molar-refractivity contribution in [1.82, 2.24) is 10.2 Å². The van der Waals surface area contributed by atoms with Crippen molar-refractivity contribution >= 4 is 11.9 Å². The number of benzene rings is 2. The van der Waals surface area contributed by atoms with E-state index in [0.717, 1.165) is 29.7 Å². The second kappa shape index (κ2) is 10.5. The van der Waals surface area contributed by atoms with E-state index in [-0.39, 0.29) is 25.4 Å². The monoisotopic (exact) mass is 470 g/mol. The van der Waals surface area contributed by atoms with E-state index < -0.39 is 35.3 Å². The number of halogens is 1. The molecule has 1 aliphatic carbocycles. The van der Waals surface area contributed by atoms with E-state index in [1.165, 1.54) is 12.1 Å². The van der Waals surface area contributed by atoms with Crippen LogP contribution in [0.1, 0.15) is 49.1 Å². The Bertz CT molecular complexity index is 1010. The van der Waals surface area contributed by atoms with E-state index in [4.69, 9.17) is 4.74 Å². The largest absolute Gasteiger partial charge is 0.486 e. The van der Waals surface area contributed by atoms with E-state index in [9.17, 15) is 19.8 Å². The molecule has 0 radical (unpaired) electrons. The fraction of sp³-hybridized carbons (Fsp3) is 0.462. The summed E-state index contributed by atoms with van der Waals surface area (Å²) in [5.41, 5.74) is -0.112. The number of nitrogens with one attached hydrogen (secondary N) is 1. The quantitative estimate of drug-likeness (QED) is 0.571. The van der Waals surface area contributed by atoms with Crippen LogP contribution in [0.2, 0.25) is 0 Å². The number of carboxylic acid groups (broad SMARTS) is 1. The van der Waals surface area contributed by atoms with Crippen molar-refractivity contribution < 1.29 is 28.9 Å². The number of aliphatic hydroxyl groups is 1. The van der Waals surface area contributed by atoms with E-state index in [1.54, 1.807) is 6.07 Å². The fourth-order valence-corrected chi connectivity index (χ4v) is 5.12. The Morgan fingerprint density at radius 3 is 2.56 bits per heavy atom. The Balaban J connectivity index is 1.63. The van der Waals surface area contributed by atoms with Crippen LogP contribution in [0.3, 0.4) is 0 Å². The number of hydrogen-bond acceptors (Lipinski definition) is 5. The van der Waals surface area contributed by atoms with Crippen LogP contribution in [0.25, 0.3) is 0 Å². The molecular weight excluding hydrogens is 439 g/mol. The highest BCUT2D eigenvalue weighted by atomic mass is 19.1. The number of carbonyl (C=O) groups is 2. The molecule has 34 heavy (non-hydrogen) atoms. The zero-order chi connectivity index (χ0) is 24.1. The lowest BCUT2D eigenvalue weighted by Gasteiger charge is -2.42. The lowest BCUT2D eigenvalue weighted by atomic mass is 9.69. The molecule has 4 rings (SSSR count). The number of piperazine rings is 1. The maximum absolute atomic E-state index is 15.1. The van der Waals surface area contributed by atoms with E-state index >= 15 is 4.39 Å². The van der Waals surface area contributed by atoms with E-state index in [2.05, 4.69) is 5.32 Å². The minimum absolute atomic E-state index is 0.0564. The van der Waals surface area contributed by atoms with Gasteiger partial charge in [-0.3, -0.25) is 9.69 Å². The number of hydrogen-bond donors (Lipinski definition) is 3. The normalized spacial score (nSPS) is 21.0. The van der Waals surface area contributed by atoms with Gasteiger partial charge in [0, 0.05) is 19.6 Å². The van der Waals surface area contributed by atoms with Gasteiger partial charge in [-0.2, -0.15) is 0 Å². The third kappa shape index (κ3) is 5.23. The Morgan fingerprint density at radius 1 is 1.15 bits per heavy atom. The fourth-order valence-electron chi connectivity index (χ4n) is 5.12. The van der Waals surface area contributed by atoms with Gasteiger partial charge in [-0.15, -0.1) is 0 Å². The van der Waals surface area contributed by atoms with Crippen LogP contribution in [0.5, 0.6) is 5.75 Å². The molecule has 1 saturated carbocycles. The van der Waals surface area contributed by atoms with Crippen molar-refractivity contribution in [2.24, 2.45) is 0 Å². The predicted molar refractivity (Wildman–Crippen MR) is 124 cm³/mol. The Hall–Kier alpha value is -2.97. The first kappa shape index (κ1) is 24.2. The number of nitrogens with zero attached hydrogens (tertiary/aromatic N) is 1. The highest BCUT2D eigenvalue weighted by Gasteiger charge is 2.47. The van der Waals surface area contributed by atoms with Crippen LogP contribution in [0.15, 0.2) is 48.5 Å². The summed E-state index contributed by atoms with van der Waals surface area (Å²) in [7, 11) is 0. The topological polar surface area (TPSA) is 99.1 Å². The number of rotatable bonds is 7. The molecule has 2 unspecified atom stereocenters. The zero-order valence-corrected chi connectivity index (χ0v) is 19.1. The summed E-state index contributed by atoms with van der Waals surface area (Å²) in [6, 6.07) is 12.8. The lowest BCUT2D eigenvalue weighted by molar-refractivity contribution is -0.134. The molecule has 1 aliphatic heterocycles. The summed E-state index contributed by atoms with van der Waals surface area (Å²) >= 11 is 0. The van der Waals surface area contributed by atoms with Crippen molar-refractivity contribution in [3.63, 3.8) is 0 Å². The van der Waals surface area contributed by atoms with Crippen LogP contribution in [-0.4, -0.2) is 58.3 Å². The van der Waals surface area contributed by atoms with Gasteiger partial charge in [0.2, 0.25) is 0 Å². The Morgan fingerprint density at radius 2 is 1.88 bits per heavy atom. The highest BCUT2D eigenvalue weighted by Crippen LogP contribution is 2.42. The molecule has 2 aromatic rings. The SMILES string of the molecule is O=C(C1CNCCN1C(=O)O)C(c1ccc(OCc2ccccc2)c(F)c1)C1(O)CCCCC1. The molecule has 2 aliphatic rings. The first-order valence-electron chi connectivity index (χ1n) is 11.8. The summed E-state index contributed by atoms with van der Waals surface area (Å²) in [5, 5.41) is 24.3. The minimum Gasteiger partial charge on any atom is -0.486 e. The lowest BCUT2D eigenvalue weighted by Crippen LogP contribution is -2.59. The van der Waals surface area contributed by atoms with Crippen molar-refractivity contribution in [2.75, 3.05) is 19.6 Å². The maximum atomic E-state index is 15.1. The number of carbonyl (C=O) groups excluding carboxylic acids is 1. The van der Waals surface area contributed by atoms with Gasteiger partial charge in [0.1, 0.15) is 12.6 Å². The molecule has 1 heterocycles. The number of ether oxygens (including phenoxy) is 1. The van der Waals surface area contributed by atoms with Gasteiger partial charge in [-0.05, 0) is 36.1 Å². The molecule has 1 saturated heterocycles. The summed E-state index contributed by atoms with van der Waals surface area (Å²) < 4.78 is 20.7. The standard InChI is InChI=1S/C26H31FN2O5/c27-20-15-19(9-10-22(20)34-17-18-7-3-1-4-8-18)23(26(33)11-5-2-6-12-26)24(30)21-16-28-13-14-29(21)25(31)32/h1,3-4,7-10,15,21,23,28,33H,2,5-6,11-14,16-17H2,(H,31,32). The molecule has 182 valence electrons. The van der Waals surface area contributed by atoms with Crippen LogP contribution < -0.4 is 10.1 Å². The minimum atomic E-state index is -1.35. The average Bonchev–Trinajstić information content (AvgIpc) is 2.84. The van der Waals surface area contributed by atoms with Crippen LogP contribution in [0.4, 0.5) is 9.18 Å². The van der Waals surface area contributed by atoms with E-state index in [1.807, 2.05) is 30.3 Å². The molecule has 0 aromatic heterocycles. The average molecular weight is 471 g/mol. The third-order valence-electron chi connectivity index (χ3n) is 6.89. The van der Waals surface area contributed by atoms with E-state index in [0.29, 0.717) is 24.9 Å². The summed E-state index contributed by atoms with van der Waals surface area (Å²) in [6.07, 6.45) is 2.11. The molecule has 8 heteroatoms. The second-order valence-corrected chi connectivity index (χ2v) is 9.16. The molecule has 0 bridgehead atoms. The van der Waals surface area contributed by atoms with Crippen molar-refractivity contribution in [3.05, 3.63) is 65.5 Å². The first-order valence-corrected chi connectivity index (χ1v) is 11.8. The highest BCUT2D eigenvalue weighted by molar-refractivity contribution is 5.94. The molecular formula is C26H31FN2O5. The summed E-state index contributed by atoms with van der Waals surface area (Å²) in [5.74, 6) is -2.00. The van der Waals surface area contributed by atoms with Gasteiger partial charge in [0.25, 0.3) is 0 Å². The van der Waals surface area contributed by atoms with Gasteiger partial charge in [0.15, 0.2) is 17.3 Å². The van der Waals surface area contributed by atoms with Gasteiger partial charge in [-0.25, -0.2) is 9.18 Å². The van der Waals surface area contributed by atoms with Gasteiger partial charge < -0.3 is 20.3 Å². The van der Waals surface area contributed by atoms with Gasteiger partial charge in [-0.1, -0.05) is 55.7 Å². The maximum Gasteiger partial charge on any atom is 0.408 e. The van der Waals surface area contributed by atoms with Crippen LogP contribution in [0, 0.1) is 5.82 Å². The number of amides is 1. The molecule has 2 atom stereocenters. The van der Waals surface area contributed by atoms with Crippen LogP contribution in [-0.2, 0) is 11.4 Å². The van der Waals surface area contributed by atoms with Gasteiger partial charge >= 0.3 is 6.09 Å². The Kier molecular flexibility index (Phi) is 7.48. The molecule has 2 aromatic carbocycles. The smallest absolute Gasteiger partial charge is 0.408 e.